The molecule has 0 unspecified atom stereocenters. The quantitative estimate of drug-likeness (QED) is 0.844. The molecule has 2 N–H and O–H groups in total. The van der Waals surface area contributed by atoms with Crippen LogP contribution in [-0.4, -0.2) is 21.8 Å². The van der Waals surface area contributed by atoms with Gasteiger partial charge in [0.25, 0.3) is 5.91 Å². The first kappa shape index (κ1) is 15.0. The van der Waals surface area contributed by atoms with Gasteiger partial charge in [-0.1, -0.05) is 23.2 Å². The van der Waals surface area contributed by atoms with E-state index in [1.54, 1.807) is 0 Å². The highest BCUT2D eigenvalue weighted by molar-refractivity contribution is 6.38. The molecule has 0 bridgehead atoms. The number of Topliss-reactive ketones (excluding diaryl/α,β-unsaturated/α-hetero) is 1. The molecule has 0 saturated carbocycles. The molecule has 2 aromatic rings. The molecule has 22 heavy (non-hydrogen) atoms. The molecule has 0 spiro atoms. The largest absolute Gasteiger partial charge is 0.375 e. The number of fused-ring (bicyclic) bond motifs is 1. The van der Waals surface area contributed by atoms with Crippen molar-refractivity contribution in [3.8, 4) is 0 Å². The van der Waals surface area contributed by atoms with Gasteiger partial charge < -0.3 is 10.4 Å². The predicted molar refractivity (Wildman–Crippen MR) is 82.2 cm³/mol. The first-order valence-electron chi connectivity index (χ1n) is 6.39. The number of aromatic nitrogens is 1. The molecule has 7 heteroatoms. The number of amides is 1. The first-order valence-corrected chi connectivity index (χ1v) is 7.14. The Balaban J connectivity index is 2.03. The average molecular weight is 337 g/mol. The van der Waals surface area contributed by atoms with Crippen LogP contribution in [0.15, 0.2) is 36.7 Å². The lowest BCUT2D eigenvalue weighted by Gasteiger charge is -2.21. The number of hydrogen-bond acceptors (Lipinski definition) is 4. The number of carbonyl (C=O) groups is 2. The number of rotatable bonds is 3. The second-order valence-electron chi connectivity index (χ2n) is 4.93. The first-order chi connectivity index (χ1) is 10.4. The van der Waals surface area contributed by atoms with Crippen molar-refractivity contribution in [1.82, 2.24) is 4.98 Å². The van der Waals surface area contributed by atoms with Crippen LogP contribution >= 0.6 is 23.2 Å². The standard InChI is InChI=1S/C15H10Cl2N2O3/c16-9-1-2-10(17)13-12(9)15(22,14(21)19-13)7-11(20)8-3-5-18-6-4-8/h1-6,22H,7H2,(H,19,21)/t15-/m1/s1. The van der Waals surface area contributed by atoms with E-state index in [2.05, 4.69) is 10.3 Å². The van der Waals surface area contributed by atoms with Crippen LogP contribution in [0.25, 0.3) is 0 Å². The summed E-state index contributed by atoms with van der Waals surface area (Å²) >= 11 is 12.1. The Bertz CT molecular complexity index is 780. The predicted octanol–water partition coefficient (Wildman–Crippen LogP) is 2.80. The Labute approximate surface area is 135 Å². The third-order valence-electron chi connectivity index (χ3n) is 3.55. The third kappa shape index (κ3) is 2.27. The zero-order chi connectivity index (χ0) is 15.9. The number of halogens is 2. The Morgan fingerprint density at radius 2 is 1.82 bits per heavy atom. The van der Waals surface area contributed by atoms with Crippen LogP contribution in [0.4, 0.5) is 5.69 Å². The minimum atomic E-state index is -2.04. The summed E-state index contributed by atoms with van der Waals surface area (Å²) in [6, 6.07) is 6.02. The van der Waals surface area contributed by atoms with Crippen LogP contribution in [0.1, 0.15) is 22.3 Å². The number of nitrogens with zero attached hydrogens (tertiary/aromatic N) is 1. The summed E-state index contributed by atoms with van der Waals surface area (Å²) in [5, 5.41) is 13.7. The second kappa shape index (κ2) is 5.35. The zero-order valence-electron chi connectivity index (χ0n) is 11.1. The number of anilines is 1. The minimum absolute atomic E-state index is 0.133. The van der Waals surface area contributed by atoms with Gasteiger partial charge in [-0.25, -0.2) is 0 Å². The van der Waals surface area contributed by atoms with Crippen molar-refractivity contribution in [1.29, 1.82) is 0 Å². The van der Waals surface area contributed by atoms with E-state index in [-0.39, 0.29) is 21.3 Å². The van der Waals surface area contributed by atoms with Crippen molar-refractivity contribution in [2.45, 2.75) is 12.0 Å². The highest BCUT2D eigenvalue weighted by atomic mass is 35.5. The van der Waals surface area contributed by atoms with Gasteiger partial charge in [-0.3, -0.25) is 14.6 Å². The van der Waals surface area contributed by atoms with Crippen molar-refractivity contribution in [3.05, 3.63) is 57.8 Å². The molecule has 112 valence electrons. The van der Waals surface area contributed by atoms with Crippen molar-refractivity contribution in [2.75, 3.05) is 5.32 Å². The molecule has 1 aliphatic heterocycles. The summed E-state index contributed by atoms with van der Waals surface area (Å²) < 4.78 is 0. The zero-order valence-corrected chi connectivity index (χ0v) is 12.6. The Hall–Kier alpha value is -1.95. The van der Waals surface area contributed by atoms with E-state index in [0.717, 1.165) is 0 Å². The van der Waals surface area contributed by atoms with E-state index in [0.29, 0.717) is 5.56 Å². The molecule has 3 rings (SSSR count). The van der Waals surface area contributed by atoms with Gasteiger partial charge in [0.2, 0.25) is 0 Å². The number of ketones is 1. The average Bonchev–Trinajstić information content (AvgIpc) is 2.77. The molecule has 0 fully saturated rings. The van der Waals surface area contributed by atoms with Gasteiger partial charge in [-0.2, -0.15) is 0 Å². The maximum Gasteiger partial charge on any atom is 0.261 e. The van der Waals surface area contributed by atoms with Crippen molar-refractivity contribution >= 4 is 40.6 Å². The van der Waals surface area contributed by atoms with Gasteiger partial charge in [0.1, 0.15) is 0 Å². The molecule has 1 atom stereocenters. The minimum Gasteiger partial charge on any atom is -0.375 e. The van der Waals surface area contributed by atoms with E-state index in [1.165, 1.54) is 36.7 Å². The van der Waals surface area contributed by atoms with Crippen LogP contribution in [-0.2, 0) is 10.4 Å². The van der Waals surface area contributed by atoms with Crippen LogP contribution in [0.3, 0.4) is 0 Å². The Morgan fingerprint density at radius 3 is 2.50 bits per heavy atom. The highest BCUT2D eigenvalue weighted by Gasteiger charge is 2.49. The fourth-order valence-electron chi connectivity index (χ4n) is 2.45. The van der Waals surface area contributed by atoms with Gasteiger partial charge in [0, 0.05) is 28.5 Å². The molecular weight excluding hydrogens is 327 g/mol. The van der Waals surface area contributed by atoms with Crippen LogP contribution in [0.2, 0.25) is 10.0 Å². The van der Waals surface area contributed by atoms with Crippen LogP contribution in [0, 0.1) is 0 Å². The maximum atomic E-state index is 12.3. The van der Waals surface area contributed by atoms with Gasteiger partial charge in [-0.15, -0.1) is 0 Å². The number of aliphatic hydroxyl groups is 1. The third-order valence-corrected chi connectivity index (χ3v) is 4.18. The highest BCUT2D eigenvalue weighted by Crippen LogP contribution is 2.46. The van der Waals surface area contributed by atoms with Crippen molar-refractivity contribution in [2.24, 2.45) is 0 Å². The molecule has 1 amide bonds. The van der Waals surface area contributed by atoms with Gasteiger partial charge >= 0.3 is 0 Å². The smallest absolute Gasteiger partial charge is 0.261 e. The van der Waals surface area contributed by atoms with Crippen molar-refractivity contribution < 1.29 is 14.7 Å². The molecule has 2 heterocycles. The van der Waals surface area contributed by atoms with E-state index in [1.807, 2.05) is 0 Å². The van der Waals surface area contributed by atoms with Gasteiger partial charge in [0.05, 0.1) is 17.1 Å². The van der Waals surface area contributed by atoms with Gasteiger partial charge in [0.15, 0.2) is 11.4 Å². The number of pyridine rings is 1. The summed E-state index contributed by atoms with van der Waals surface area (Å²) in [6.45, 7) is 0. The number of hydrogen-bond donors (Lipinski definition) is 2. The number of carbonyl (C=O) groups excluding carboxylic acids is 2. The molecule has 0 radical (unpaired) electrons. The second-order valence-corrected chi connectivity index (χ2v) is 5.74. The topological polar surface area (TPSA) is 79.3 Å². The fraction of sp³-hybridized carbons (Fsp3) is 0.133. The van der Waals surface area contributed by atoms with E-state index in [9.17, 15) is 14.7 Å². The molecule has 0 saturated heterocycles. The fourth-order valence-corrected chi connectivity index (χ4v) is 2.97. The molecule has 5 nitrogen and oxygen atoms in total. The molecule has 0 aliphatic carbocycles. The van der Waals surface area contributed by atoms with Crippen LogP contribution < -0.4 is 5.32 Å². The lowest BCUT2D eigenvalue weighted by molar-refractivity contribution is -0.133. The Kier molecular flexibility index (Phi) is 3.64. The van der Waals surface area contributed by atoms with E-state index < -0.39 is 23.7 Å². The van der Waals surface area contributed by atoms with Gasteiger partial charge in [-0.05, 0) is 24.3 Å². The lowest BCUT2D eigenvalue weighted by atomic mass is 9.88. The summed E-state index contributed by atoms with van der Waals surface area (Å²) in [6.07, 6.45) is 2.49. The monoisotopic (exact) mass is 336 g/mol. The summed E-state index contributed by atoms with van der Waals surface area (Å²) in [5.74, 6) is -1.12. The lowest BCUT2D eigenvalue weighted by Crippen LogP contribution is -2.36. The van der Waals surface area contributed by atoms with E-state index >= 15 is 0 Å². The molecule has 1 aliphatic rings. The molecule has 1 aromatic carbocycles. The maximum absolute atomic E-state index is 12.3. The Morgan fingerprint density at radius 1 is 1.18 bits per heavy atom. The molecule has 1 aromatic heterocycles. The van der Waals surface area contributed by atoms with E-state index in [4.69, 9.17) is 23.2 Å². The van der Waals surface area contributed by atoms with Crippen molar-refractivity contribution in [3.63, 3.8) is 0 Å². The van der Waals surface area contributed by atoms with Crippen LogP contribution in [0.5, 0.6) is 0 Å². The molecular formula is C15H10Cl2N2O3. The normalized spacial score (nSPS) is 19.7. The summed E-state index contributed by atoms with van der Waals surface area (Å²) in [7, 11) is 0. The number of benzene rings is 1. The SMILES string of the molecule is O=C(C[C@]1(O)C(=O)Nc2c(Cl)ccc(Cl)c21)c1ccncc1. The number of nitrogens with one attached hydrogen (secondary N) is 1. The summed E-state index contributed by atoms with van der Waals surface area (Å²) in [5.41, 5.74) is -1.32. The summed E-state index contributed by atoms with van der Waals surface area (Å²) in [4.78, 5) is 28.3.